The number of ether oxygens (including phenoxy) is 1. The first-order valence-corrected chi connectivity index (χ1v) is 7.68. The molecule has 0 saturated heterocycles. The zero-order chi connectivity index (χ0) is 14.3. The lowest BCUT2D eigenvalue weighted by Crippen LogP contribution is -2.29. The number of methoxy groups -OCH3 is 1. The quantitative estimate of drug-likeness (QED) is 0.563. The number of amides is 1. The van der Waals surface area contributed by atoms with Gasteiger partial charge in [-0.2, -0.15) is 0 Å². The van der Waals surface area contributed by atoms with E-state index in [1.54, 1.807) is 12.0 Å². The fourth-order valence-electron chi connectivity index (χ4n) is 1.98. The van der Waals surface area contributed by atoms with Crippen LogP contribution < -0.4 is 4.74 Å². The minimum atomic E-state index is 0.0209. The van der Waals surface area contributed by atoms with Crippen molar-refractivity contribution < 1.29 is 9.53 Å². The van der Waals surface area contributed by atoms with Gasteiger partial charge in [0, 0.05) is 24.4 Å². The number of unbranched alkanes of at least 4 members (excludes halogenated alkanes) is 1. The van der Waals surface area contributed by atoms with E-state index >= 15 is 0 Å². The highest BCUT2D eigenvalue weighted by Crippen LogP contribution is 2.28. The zero-order valence-electron chi connectivity index (χ0n) is 11.9. The van der Waals surface area contributed by atoms with E-state index in [4.69, 9.17) is 4.74 Å². The van der Waals surface area contributed by atoms with Crippen molar-refractivity contribution in [3.63, 3.8) is 0 Å². The van der Waals surface area contributed by atoms with Crippen LogP contribution in [0.3, 0.4) is 0 Å². The van der Waals surface area contributed by atoms with Gasteiger partial charge in [0.05, 0.1) is 13.2 Å². The molecule has 1 amide bonds. The molecule has 0 radical (unpaired) electrons. The van der Waals surface area contributed by atoms with Gasteiger partial charge in [-0.3, -0.25) is 4.79 Å². The number of nitrogens with zero attached hydrogens (tertiary/aromatic N) is 1. The lowest BCUT2D eigenvalue weighted by Gasteiger charge is -2.26. The van der Waals surface area contributed by atoms with Gasteiger partial charge in [0.25, 0.3) is 0 Å². The van der Waals surface area contributed by atoms with Crippen molar-refractivity contribution in [3.8, 4) is 5.75 Å². The van der Waals surface area contributed by atoms with Crippen molar-refractivity contribution >= 4 is 21.8 Å². The van der Waals surface area contributed by atoms with Crippen LogP contribution in [-0.4, -0.2) is 30.3 Å². The van der Waals surface area contributed by atoms with Crippen LogP contribution in [0.2, 0.25) is 0 Å². The third-order valence-electron chi connectivity index (χ3n) is 3.34. The number of hydrogen-bond acceptors (Lipinski definition) is 2. The van der Waals surface area contributed by atoms with Crippen LogP contribution in [0.5, 0.6) is 5.75 Å². The molecule has 4 heteroatoms. The number of halogens is 1. The number of rotatable bonds is 7. The molecule has 0 N–H and O–H groups in total. The van der Waals surface area contributed by atoms with Crippen LogP contribution in [0.4, 0.5) is 0 Å². The van der Waals surface area contributed by atoms with Crippen LogP contribution in [0.1, 0.15) is 37.8 Å². The predicted molar refractivity (Wildman–Crippen MR) is 81.8 cm³/mol. The molecule has 0 fully saturated rings. The maximum absolute atomic E-state index is 12.1. The average Bonchev–Trinajstić information content (AvgIpc) is 2.45. The third kappa shape index (κ3) is 4.53. The van der Waals surface area contributed by atoms with Crippen LogP contribution in [0.15, 0.2) is 24.3 Å². The van der Waals surface area contributed by atoms with Gasteiger partial charge in [-0.05, 0) is 25.8 Å². The van der Waals surface area contributed by atoms with Gasteiger partial charge in [-0.25, -0.2) is 0 Å². The van der Waals surface area contributed by atoms with Crippen LogP contribution in [0.25, 0.3) is 0 Å². The maximum atomic E-state index is 12.1. The molecular formula is C15H22BrNO2. The Kier molecular flexibility index (Phi) is 6.92. The van der Waals surface area contributed by atoms with Gasteiger partial charge in [0.15, 0.2) is 0 Å². The maximum Gasteiger partial charge on any atom is 0.222 e. The molecule has 0 heterocycles. The molecule has 1 aromatic carbocycles. The monoisotopic (exact) mass is 327 g/mol. The Hall–Kier alpha value is -1.03. The summed E-state index contributed by atoms with van der Waals surface area (Å²) < 4.78 is 5.35. The highest BCUT2D eigenvalue weighted by atomic mass is 79.9. The van der Waals surface area contributed by atoms with Crippen molar-refractivity contribution in [1.29, 1.82) is 0 Å². The van der Waals surface area contributed by atoms with Gasteiger partial charge in [0.1, 0.15) is 5.75 Å². The second kappa shape index (κ2) is 8.20. The van der Waals surface area contributed by atoms with Gasteiger partial charge in [-0.15, -0.1) is 0 Å². The summed E-state index contributed by atoms with van der Waals surface area (Å²) in [5, 5.41) is 0.950. The molecule has 0 saturated carbocycles. The largest absolute Gasteiger partial charge is 0.496 e. The van der Waals surface area contributed by atoms with Crippen LogP contribution in [0, 0.1) is 0 Å². The normalized spacial score (nSPS) is 12.0. The standard InChI is InChI=1S/C15H22BrNO2/c1-12(13-8-4-5-9-14(13)19-3)17(2)15(18)10-6-7-11-16/h4-5,8-9,12H,6-7,10-11H2,1-3H3. The van der Waals surface area contributed by atoms with E-state index in [1.165, 1.54) is 0 Å². The van der Waals surface area contributed by atoms with Crippen molar-refractivity contribution in [2.45, 2.75) is 32.2 Å². The zero-order valence-corrected chi connectivity index (χ0v) is 13.4. The molecule has 0 aliphatic carbocycles. The Morgan fingerprint density at radius 1 is 1.37 bits per heavy atom. The number of carbonyl (C=O) groups excluding carboxylic acids is 1. The number of hydrogen-bond donors (Lipinski definition) is 0. The van der Waals surface area contributed by atoms with Gasteiger partial charge < -0.3 is 9.64 Å². The van der Waals surface area contributed by atoms with E-state index in [1.807, 2.05) is 38.2 Å². The van der Waals surface area contributed by atoms with E-state index in [0.717, 1.165) is 29.5 Å². The minimum Gasteiger partial charge on any atom is -0.496 e. The molecule has 0 aliphatic heterocycles. The lowest BCUT2D eigenvalue weighted by atomic mass is 10.1. The second-order valence-electron chi connectivity index (χ2n) is 4.57. The van der Waals surface area contributed by atoms with Crippen molar-refractivity contribution in [3.05, 3.63) is 29.8 Å². The van der Waals surface area contributed by atoms with Gasteiger partial charge >= 0.3 is 0 Å². The van der Waals surface area contributed by atoms with Crippen LogP contribution in [-0.2, 0) is 4.79 Å². The fourth-order valence-corrected chi connectivity index (χ4v) is 2.38. The van der Waals surface area contributed by atoms with E-state index in [-0.39, 0.29) is 11.9 Å². The highest BCUT2D eigenvalue weighted by Gasteiger charge is 2.19. The first kappa shape index (κ1) is 16.0. The lowest BCUT2D eigenvalue weighted by molar-refractivity contribution is -0.131. The Morgan fingerprint density at radius 3 is 2.68 bits per heavy atom. The first-order valence-electron chi connectivity index (χ1n) is 6.56. The molecule has 0 aromatic heterocycles. The fraction of sp³-hybridized carbons (Fsp3) is 0.533. The molecule has 19 heavy (non-hydrogen) atoms. The number of alkyl halides is 1. The Balaban J connectivity index is 2.70. The predicted octanol–water partition coefficient (Wildman–Crippen LogP) is 3.78. The molecule has 106 valence electrons. The number of para-hydroxylation sites is 1. The van der Waals surface area contributed by atoms with Gasteiger partial charge in [-0.1, -0.05) is 34.1 Å². The molecule has 0 aliphatic rings. The number of carbonyl (C=O) groups is 1. The van der Waals surface area contributed by atoms with E-state index in [9.17, 15) is 4.79 Å². The third-order valence-corrected chi connectivity index (χ3v) is 3.90. The highest BCUT2D eigenvalue weighted by molar-refractivity contribution is 9.09. The summed E-state index contributed by atoms with van der Waals surface area (Å²) >= 11 is 3.38. The first-order chi connectivity index (χ1) is 9.11. The summed E-state index contributed by atoms with van der Waals surface area (Å²) in [5.41, 5.74) is 1.04. The molecule has 1 aromatic rings. The molecule has 0 spiro atoms. The van der Waals surface area contributed by atoms with Gasteiger partial charge in [0.2, 0.25) is 5.91 Å². The summed E-state index contributed by atoms with van der Waals surface area (Å²) in [6.45, 7) is 2.03. The minimum absolute atomic E-state index is 0.0209. The summed E-state index contributed by atoms with van der Waals surface area (Å²) in [7, 11) is 3.51. The Labute approximate surface area is 124 Å². The molecule has 1 rings (SSSR count). The molecular weight excluding hydrogens is 306 g/mol. The topological polar surface area (TPSA) is 29.5 Å². The smallest absolute Gasteiger partial charge is 0.222 e. The van der Waals surface area contributed by atoms with E-state index < -0.39 is 0 Å². The van der Waals surface area contributed by atoms with Crippen molar-refractivity contribution in [1.82, 2.24) is 4.90 Å². The summed E-state index contributed by atoms with van der Waals surface area (Å²) in [6, 6.07) is 7.86. The SMILES string of the molecule is COc1ccccc1C(C)N(C)C(=O)CCCCBr. The second-order valence-corrected chi connectivity index (χ2v) is 5.36. The summed E-state index contributed by atoms with van der Waals surface area (Å²) in [4.78, 5) is 13.9. The molecule has 1 unspecified atom stereocenters. The number of benzene rings is 1. The van der Waals surface area contributed by atoms with Crippen LogP contribution >= 0.6 is 15.9 Å². The van der Waals surface area contributed by atoms with E-state index in [2.05, 4.69) is 15.9 Å². The summed E-state index contributed by atoms with van der Waals surface area (Å²) in [5.74, 6) is 1.01. The average molecular weight is 328 g/mol. The van der Waals surface area contributed by atoms with Crippen molar-refractivity contribution in [2.75, 3.05) is 19.5 Å². The Morgan fingerprint density at radius 2 is 2.05 bits per heavy atom. The molecule has 3 nitrogen and oxygen atoms in total. The van der Waals surface area contributed by atoms with Crippen molar-refractivity contribution in [2.24, 2.45) is 0 Å². The molecule has 0 bridgehead atoms. The van der Waals surface area contributed by atoms with E-state index in [0.29, 0.717) is 6.42 Å². The summed E-state index contributed by atoms with van der Waals surface area (Å²) in [6.07, 6.45) is 2.55. The molecule has 1 atom stereocenters. The Bertz CT molecular complexity index is 409.